The highest BCUT2D eigenvalue weighted by molar-refractivity contribution is 6.62. The van der Waals surface area contributed by atoms with Crippen LogP contribution in [0.4, 0.5) is 5.82 Å². The first kappa shape index (κ1) is 16.3. The van der Waals surface area contributed by atoms with Crippen LogP contribution in [-0.2, 0) is 9.31 Å². The molecule has 2 fully saturated rings. The van der Waals surface area contributed by atoms with E-state index in [0.29, 0.717) is 11.4 Å². The van der Waals surface area contributed by atoms with Crippen LogP contribution in [0.1, 0.15) is 39.7 Å². The molecule has 1 aromatic heterocycles. The summed E-state index contributed by atoms with van der Waals surface area (Å²) in [5, 5.41) is 9.49. The van der Waals surface area contributed by atoms with E-state index < -0.39 is 18.3 Å². The van der Waals surface area contributed by atoms with Crippen LogP contribution in [0.15, 0.2) is 12.3 Å². The molecule has 6 nitrogen and oxygen atoms in total. The number of rotatable bonds is 2. The van der Waals surface area contributed by atoms with Crippen LogP contribution in [0.25, 0.3) is 0 Å². The van der Waals surface area contributed by atoms with E-state index in [0.717, 1.165) is 25.0 Å². The zero-order valence-electron chi connectivity index (χ0n) is 14.2. The number of aromatic nitrogens is 1. The summed E-state index contributed by atoms with van der Waals surface area (Å²) in [6.45, 7) is 9.59. The van der Waals surface area contributed by atoms with E-state index in [1.165, 1.54) is 0 Å². The molecule has 0 unspecified atom stereocenters. The second kappa shape index (κ2) is 5.48. The van der Waals surface area contributed by atoms with Crippen LogP contribution in [0.3, 0.4) is 0 Å². The minimum Gasteiger partial charge on any atom is -0.399 e. The second-order valence-corrected chi connectivity index (χ2v) is 7.33. The van der Waals surface area contributed by atoms with E-state index in [1.807, 2.05) is 33.8 Å². The van der Waals surface area contributed by atoms with E-state index in [-0.39, 0.29) is 6.04 Å². The summed E-state index contributed by atoms with van der Waals surface area (Å²) in [5.74, 6) is 0.695. The van der Waals surface area contributed by atoms with Gasteiger partial charge >= 0.3 is 7.12 Å². The van der Waals surface area contributed by atoms with E-state index in [2.05, 4.69) is 16.0 Å². The number of hydrogen-bond acceptors (Lipinski definition) is 6. The molecule has 0 bridgehead atoms. The summed E-state index contributed by atoms with van der Waals surface area (Å²) >= 11 is 0. The Morgan fingerprint density at radius 1 is 1.35 bits per heavy atom. The smallest absolute Gasteiger partial charge is 0.399 e. The van der Waals surface area contributed by atoms with Gasteiger partial charge in [0.2, 0.25) is 0 Å². The van der Waals surface area contributed by atoms with Gasteiger partial charge in [-0.1, -0.05) is 0 Å². The van der Waals surface area contributed by atoms with Crippen molar-refractivity contribution >= 4 is 18.4 Å². The predicted octanol–water partition coefficient (Wildman–Crippen LogP) is 0.790. The van der Waals surface area contributed by atoms with Crippen molar-refractivity contribution in [2.75, 3.05) is 18.0 Å². The van der Waals surface area contributed by atoms with Crippen LogP contribution in [0.2, 0.25) is 0 Å². The lowest BCUT2D eigenvalue weighted by molar-refractivity contribution is 0.00578. The van der Waals surface area contributed by atoms with E-state index in [1.54, 1.807) is 6.20 Å². The summed E-state index contributed by atoms with van der Waals surface area (Å²) in [5.41, 5.74) is 6.43. The van der Waals surface area contributed by atoms with Gasteiger partial charge < -0.3 is 19.9 Å². The second-order valence-electron chi connectivity index (χ2n) is 7.33. The number of nitriles is 1. The predicted molar refractivity (Wildman–Crippen MR) is 89.5 cm³/mol. The molecular weight excluding hydrogens is 291 g/mol. The van der Waals surface area contributed by atoms with Crippen molar-refractivity contribution in [3.63, 3.8) is 0 Å². The van der Waals surface area contributed by atoms with Crippen molar-refractivity contribution in [2.24, 2.45) is 5.73 Å². The first-order chi connectivity index (χ1) is 10.7. The van der Waals surface area contributed by atoms with Gasteiger partial charge in [0, 0.05) is 30.8 Å². The Balaban J connectivity index is 1.88. The average molecular weight is 314 g/mol. The molecular formula is C16H23BN4O2. The molecule has 1 atom stereocenters. The molecule has 2 aliphatic heterocycles. The van der Waals surface area contributed by atoms with Gasteiger partial charge in [0.25, 0.3) is 0 Å². The van der Waals surface area contributed by atoms with Gasteiger partial charge in [0.15, 0.2) is 0 Å². The molecule has 7 heteroatoms. The highest BCUT2D eigenvalue weighted by atomic mass is 16.7. The van der Waals surface area contributed by atoms with Crippen LogP contribution in [-0.4, -0.2) is 42.4 Å². The van der Waals surface area contributed by atoms with Crippen molar-refractivity contribution in [1.82, 2.24) is 4.98 Å². The number of pyridine rings is 1. The molecule has 0 aromatic carbocycles. The van der Waals surface area contributed by atoms with Gasteiger partial charge in [0.05, 0.1) is 16.8 Å². The van der Waals surface area contributed by atoms with Crippen LogP contribution < -0.4 is 16.1 Å². The minimum atomic E-state index is -0.505. The highest BCUT2D eigenvalue weighted by Gasteiger charge is 2.52. The highest BCUT2D eigenvalue weighted by Crippen LogP contribution is 2.36. The molecule has 3 heterocycles. The largest absolute Gasteiger partial charge is 0.496 e. The topological polar surface area (TPSA) is 84.4 Å². The molecule has 0 radical (unpaired) electrons. The lowest BCUT2D eigenvalue weighted by Gasteiger charge is -2.32. The summed E-state index contributed by atoms with van der Waals surface area (Å²) in [7, 11) is -0.505. The maximum absolute atomic E-state index is 9.49. The molecule has 1 aromatic rings. The lowest BCUT2D eigenvalue weighted by atomic mass is 9.79. The molecule has 122 valence electrons. The minimum absolute atomic E-state index is 0.145. The lowest BCUT2D eigenvalue weighted by Crippen LogP contribution is -2.41. The van der Waals surface area contributed by atoms with E-state index in [4.69, 9.17) is 15.0 Å². The number of nitrogens with two attached hydrogens (primary N) is 1. The van der Waals surface area contributed by atoms with Crippen molar-refractivity contribution in [1.29, 1.82) is 5.26 Å². The molecule has 2 N–H and O–H groups in total. The van der Waals surface area contributed by atoms with E-state index in [9.17, 15) is 5.26 Å². The number of anilines is 1. The third-order valence-electron chi connectivity index (χ3n) is 5.06. The van der Waals surface area contributed by atoms with Gasteiger partial charge in [-0.15, -0.1) is 0 Å². The quantitative estimate of drug-likeness (QED) is 0.813. The molecule has 2 saturated heterocycles. The monoisotopic (exact) mass is 314 g/mol. The first-order valence-corrected chi connectivity index (χ1v) is 8.00. The summed E-state index contributed by atoms with van der Waals surface area (Å²) in [4.78, 5) is 6.56. The maximum atomic E-state index is 9.49. The molecule has 0 saturated carbocycles. The Kier molecular flexibility index (Phi) is 3.87. The SMILES string of the molecule is CC1(C)OB(c2cnc(N3CC[C@@H](N)C3)c(C#N)c2)OC1(C)C. The normalized spacial score (nSPS) is 25.7. The molecule has 0 aliphatic carbocycles. The van der Waals surface area contributed by atoms with Crippen molar-refractivity contribution in [3.8, 4) is 6.07 Å². The zero-order chi connectivity index (χ0) is 16.8. The van der Waals surface area contributed by atoms with Crippen LogP contribution >= 0.6 is 0 Å². The van der Waals surface area contributed by atoms with Gasteiger partial charge in [-0.05, 0) is 40.2 Å². The van der Waals surface area contributed by atoms with Gasteiger partial charge in [-0.2, -0.15) is 5.26 Å². The first-order valence-electron chi connectivity index (χ1n) is 8.00. The molecule has 0 spiro atoms. The molecule has 0 amide bonds. The Hall–Kier alpha value is -1.62. The van der Waals surface area contributed by atoms with Crippen molar-refractivity contribution in [2.45, 2.75) is 51.4 Å². The van der Waals surface area contributed by atoms with Crippen molar-refractivity contribution in [3.05, 3.63) is 17.8 Å². The Labute approximate surface area is 137 Å². The van der Waals surface area contributed by atoms with Crippen LogP contribution in [0, 0.1) is 11.3 Å². The Bertz CT molecular complexity index is 640. The Morgan fingerprint density at radius 3 is 2.52 bits per heavy atom. The number of nitrogens with zero attached hydrogens (tertiary/aromatic N) is 3. The Morgan fingerprint density at radius 2 is 2.00 bits per heavy atom. The summed E-state index contributed by atoms with van der Waals surface area (Å²) < 4.78 is 12.1. The summed E-state index contributed by atoms with van der Waals surface area (Å²) in [6, 6.07) is 4.19. The summed E-state index contributed by atoms with van der Waals surface area (Å²) in [6.07, 6.45) is 2.66. The van der Waals surface area contributed by atoms with Gasteiger partial charge in [0.1, 0.15) is 11.9 Å². The molecule has 23 heavy (non-hydrogen) atoms. The fourth-order valence-electron chi connectivity index (χ4n) is 2.90. The van der Waals surface area contributed by atoms with Gasteiger partial charge in [-0.25, -0.2) is 4.98 Å². The zero-order valence-corrected chi connectivity index (χ0v) is 14.2. The van der Waals surface area contributed by atoms with Crippen LogP contribution in [0.5, 0.6) is 0 Å². The van der Waals surface area contributed by atoms with E-state index >= 15 is 0 Å². The standard InChI is InChI=1S/C16H23BN4O2/c1-15(2)16(3,4)23-17(22-15)12-7-11(8-18)14(20-9-12)21-6-5-13(19)10-21/h7,9,13H,5-6,10,19H2,1-4H3/t13-/m1/s1. The average Bonchev–Trinajstić information content (AvgIpc) is 2.99. The van der Waals surface area contributed by atoms with Gasteiger partial charge in [-0.3, -0.25) is 0 Å². The fourth-order valence-corrected chi connectivity index (χ4v) is 2.90. The van der Waals surface area contributed by atoms with Crippen molar-refractivity contribution < 1.29 is 9.31 Å². The number of hydrogen-bond donors (Lipinski definition) is 1. The third-order valence-corrected chi connectivity index (χ3v) is 5.06. The molecule has 2 aliphatic rings. The fraction of sp³-hybridized carbons (Fsp3) is 0.625. The third kappa shape index (κ3) is 2.83. The molecule has 3 rings (SSSR count). The maximum Gasteiger partial charge on any atom is 0.496 e.